The summed E-state index contributed by atoms with van der Waals surface area (Å²) < 4.78 is 16.8. The molecule has 3 aromatic rings. The van der Waals surface area contributed by atoms with Gasteiger partial charge in [-0.3, -0.25) is 4.79 Å². The molecule has 0 bridgehead atoms. The Morgan fingerprint density at radius 3 is 2.57 bits per heavy atom. The van der Waals surface area contributed by atoms with Crippen LogP contribution in [0.4, 0.5) is 10.1 Å². The van der Waals surface area contributed by atoms with Gasteiger partial charge in [0.15, 0.2) is 0 Å². The zero-order valence-corrected chi connectivity index (χ0v) is 15.4. The number of amides is 1. The molecule has 142 valence electrons. The van der Waals surface area contributed by atoms with Crippen molar-refractivity contribution in [2.75, 3.05) is 18.0 Å². The number of benzene rings is 2. The summed E-state index contributed by atoms with van der Waals surface area (Å²) in [4.78, 5) is 17.9. The van der Waals surface area contributed by atoms with Gasteiger partial charge in [-0.2, -0.15) is 0 Å². The first-order valence-corrected chi connectivity index (χ1v) is 9.59. The van der Waals surface area contributed by atoms with Gasteiger partial charge in [0.05, 0.1) is 24.3 Å². The van der Waals surface area contributed by atoms with Crippen molar-refractivity contribution in [2.45, 2.75) is 18.9 Å². The number of primary amides is 1. The van der Waals surface area contributed by atoms with E-state index < -0.39 is 5.91 Å². The Morgan fingerprint density at radius 2 is 1.86 bits per heavy atom. The van der Waals surface area contributed by atoms with Gasteiger partial charge in [-0.25, -0.2) is 9.37 Å². The van der Waals surface area contributed by atoms with Gasteiger partial charge in [-0.15, -0.1) is 0 Å². The second-order valence-corrected chi connectivity index (χ2v) is 7.57. The number of nitrogens with zero attached hydrogens (tertiary/aromatic N) is 3. The number of hydrogen-bond acceptors (Lipinski definition) is 3. The molecule has 1 unspecified atom stereocenters. The first kappa shape index (κ1) is 17.0. The highest BCUT2D eigenvalue weighted by molar-refractivity contribution is 5.93. The van der Waals surface area contributed by atoms with Crippen molar-refractivity contribution in [1.29, 1.82) is 0 Å². The average molecular weight is 376 g/mol. The number of carbonyl (C=O) groups excluding carboxylic acids is 1. The van der Waals surface area contributed by atoms with Crippen molar-refractivity contribution >= 4 is 11.6 Å². The van der Waals surface area contributed by atoms with Crippen LogP contribution in [0.25, 0.3) is 11.3 Å². The monoisotopic (exact) mass is 376 g/mol. The molecule has 1 fully saturated rings. The molecule has 2 aliphatic rings. The SMILES string of the molecule is NC(=O)c1ccc(N2CCC(C3c4c(F)cccc4-c4cncn43)CC2)cc1. The Hall–Kier alpha value is -3.15. The minimum atomic E-state index is -0.414. The molecule has 0 saturated carbocycles. The second kappa shape index (κ2) is 6.48. The molecule has 28 heavy (non-hydrogen) atoms. The lowest BCUT2D eigenvalue weighted by Crippen LogP contribution is -2.36. The lowest BCUT2D eigenvalue weighted by atomic mass is 9.85. The lowest BCUT2D eigenvalue weighted by Gasteiger charge is -2.37. The van der Waals surface area contributed by atoms with Crippen LogP contribution in [0.1, 0.15) is 34.8 Å². The molecule has 0 radical (unpaired) electrons. The predicted octanol–water partition coefficient (Wildman–Crippen LogP) is 3.61. The summed E-state index contributed by atoms with van der Waals surface area (Å²) in [6.45, 7) is 1.79. The highest BCUT2D eigenvalue weighted by Gasteiger charge is 2.37. The van der Waals surface area contributed by atoms with Gasteiger partial charge in [0.1, 0.15) is 5.82 Å². The van der Waals surface area contributed by atoms with E-state index in [1.807, 2.05) is 30.7 Å². The number of hydrogen-bond donors (Lipinski definition) is 1. The topological polar surface area (TPSA) is 64.2 Å². The molecule has 5 nitrogen and oxygen atoms in total. The number of rotatable bonds is 3. The third kappa shape index (κ3) is 2.59. The summed E-state index contributed by atoms with van der Waals surface area (Å²) >= 11 is 0. The van der Waals surface area contributed by atoms with E-state index in [1.54, 1.807) is 24.3 Å². The summed E-state index contributed by atoms with van der Waals surface area (Å²) in [5, 5.41) is 0. The van der Waals surface area contributed by atoms with Crippen molar-refractivity contribution in [1.82, 2.24) is 9.55 Å². The van der Waals surface area contributed by atoms with Gasteiger partial charge in [0.2, 0.25) is 5.91 Å². The molecule has 1 aromatic heterocycles. The molecule has 2 N–H and O–H groups in total. The Morgan fingerprint density at radius 1 is 1.11 bits per heavy atom. The molecule has 0 spiro atoms. The quantitative estimate of drug-likeness (QED) is 0.760. The number of carbonyl (C=O) groups is 1. The van der Waals surface area contributed by atoms with Crippen LogP contribution in [0.2, 0.25) is 0 Å². The van der Waals surface area contributed by atoms with Crippen LogP contribution in [0, 0.1) is 11.7 Å². The lowest BCUT2D eigenvalue weighted by molar-refractivity contribution is 0.100. The normalized spacial score (nSPS) is 18.8. The molecule has 1 atom stereocenters. The average Bonchev–Trinajstić information content (AvgIpc) is 3.30. The molecule has 6 heteroatoms. The van der Waals surface area contributed by atoms with Gasteiger partial charge in [-0.1, -0.05) is 12.1 Å². The smallest absolute Gasteiger partial charge is 0.248 e. The van der Waals surface area contributed by atoms with E-state index in [4.69, 9.17) is 5.73 Å². The first-order valence-electron chi connectivity index (χ1n) is 9.59. The summed E-state index contributed by atoms with van der Waals surface area (Å²) in [5.74, 6) is -0.189. The van der Waals surface area contributed by atoms with Crippen LogP contribution in [0.3, 0.4) is 0 Å². The highest BCUT2D eigenvalue weighted by Crippen LogP contribution is 2.46. The van der Waals surface area contributed by atoms with Crippen LogP contribution in [0.5, 0.6) is 0 Å². The summed E-state index contributed by atoms with van der Waals surface area (Å²) in [6.07, 6.45) is 5.59. The molecule has 5 rings (SSSR count). The molecule has 0 aliphatic carbocycles. The fourth-order valence-electron chi connectivity index (χ4n) is 4.71. The fraction of sp³-hybridized carbons (Fsp3) is 0.273. The van der Waals surface area contributed by atoms with Crippen LogP contribution in [0.15, 0.2) is 55.0 Å². The van der Waals surface area contributed by atoms with Gasteiger partial charge in [0, 0.05) is 35.5 Å². The van der Waals surface area contributed by atoms with Gasteiger partial charge < -0.3 is 15.2 Å². The minimum absolute atomic E-state index is 0.00749. The van der Waals surface area contributed by atoms with E-state index in [1.165, 1.54) is 0 Å². The predicted molar refractivity (Wildman–Crippen MR) is 106 cm³/mol. The Bertz CT molecular complexity index is 1030. The van der Waals surface area contributed by atoms with Gasteiger partial charge in [0.25, 0.3) is 0 Å². The van der Waals surface area contributed by atoms with Crippen molar-refractivity contribution in [3.8, 4) is 11.3 Å². The summed E-state index contributed by atoms with van der Waals surface area (Å²) in [7, 11) is 0. The number of fused-ring (bicyclic) bond motifs is 3. The number of halogens is 1. The minimum Gasteiger partial charge on any atom is -0.372 e. The third-order valence-electron chi connectivity index (χ3n) is 6.09. The van der Waals surface area contributed by atoms with E-state index in [9.17, 15) is 9.18 Å². The second-order valence-electron chi connectivity index (χ2n) is 7.57. The van der Waals surface area contributed by atoms with Crippen molar-refractivity contribution in [2.24, 2.45) is 11.7 Å². The van der Waals surface area contributed by atoms with Crippen molar-refractivity contribution < 1.29 is 9.18 Å². The number of piperidine rings is 1. The zero-order chi connectivity index (χ0) is 19.3. The largest absolute Gasteiger partial charge is 0.372 e. The van der Waals surface area contributed by atoms with Gasteiger partial charge in [-0.05, 0) is 49.1 Å². The van der Waals surface area contributed by atoms with Crippen LogP contribution in [-0.4, -0.2) is 28.5 Å². The molecule has 1 amide bonds. The Labute approximate surface area is 162 Å². The summed E-state index contributed by atoms with van der Waals surface area (Å²) in [6, 6.07) is 12.7. The molecule has 3 heterocycles. The Balaban J connectivity index is 1.37. The number of aromatic nitrogens is 2. The van der Waals surface area contributed by atoms with Crippen LogP contribution in [-0.2, 0) is 0 Å². The Kier molecular flexibility index (Phi) is 3.93. The first-order chi connectivity index (χ1) is 13.6. The number of nitrogens with two attached hydrogens (primary N) is 1. The maximum absolute atomic E-state index is 14.7. The molecule has 1 saturated heterocycles. The van der Waals surface area contributed by atoms with E-state index >= 15 is 0 Å². The van der Waals surface area contributed by atoms with Crippen LogP contribution >= 0.6 is 0 Å². The van der Waals surface area contributed by atoms with E-state index in [0.29, 0.717) is 11.5 Å². The van der Waals surface area contributed by atoms with Gasteiger partial charge >= 0.3 is 0 Å². The van der Waals surface area contributed by atoms with Crippen molar-refractivity contribution in [3.63, 3.8) is 0 Å². The molecule has 2 aromatic carbocycles. The number of imidazole rings is 1. The molecular weight excluding hydrogens is 355 g/mol. The summed E-state index contributed by atoms with van der Waals surface area (Å²) in [5.41, 5.74) is 9.70. The third-order valence-corrected chi connectivity index (χ3v) is 6.09. The molecular formula is C22H21FN4O. The maximum atomic E-state index is 14.7. The van der Waals surface area contributed by atoms with E-state index in [-0.39, 0.29) is 11.9 Å². The zero-order valence-electron chi connectivity index (χ0n) is 15.4. The van der Waals surface area contributed by atoms with E-state index in [2.05, 4.69) is 14.5 Å². The maximum Gasteiger partial charge on any atom is 0.248 e. The highest BCUT2D eigenvalue weighted by atomic mass is 19.1. The molecule has 2 aliphatic heterocycles. The fourth-order valence-corrected chi connectivity index (χ4v) is 4.71. The standard InChI is InChI=1S/C22H21FN4O/c23-18-3-1-2-17-19-12-25-13-27(19)21(20(17)18)14-8-10-26(11-9-14)16-6-4-15(5-7-16)22(24)28/h1-7,12-14,21H,8-11H2,(H2,24,28). The van der Waals surface area contributed by atoms with Crippen LogP contribution < -0.4 is 10.6 Å². The number of anilines is 1. The van der Waals surface area contributed by atoms with E-state index in [0.717, 1.165) is 48.4 Å². The van der Waals surface area contributed by atoms with Crippen molar-refractivity contribution in [3.05, 3.63) is 71.9 Å².